The maximum atomic E-state index is 4.75. The Balaban J connectivity index is 1.61. The SMILES string of the molecule is Cc1nc2ccccc2nc1CN(C)CCCn1cccn1. The van der Waals surface area contributed by atoms with Crippen LogP contribution in [0.25, 0.3) is 11.0 Å². The fourth-order valence-electron chi connectivity index (χ4n) is 2.54. The van der Waals surface area contributed by atoms with Crippen LogP contribution >= 0.6 is 0 Å². The molecule has 0 aliphatic carbocycles. The molecule has 0 atom stereocenters. The van der Waals surface area contributed by atoms with E-state index in [0.29, 0.717) is 0 Å². The van der Waals surface area contributed by atoms with Crippen LogP contribution in [0.15, 0.2) is 42.7 Å². The summed E-state index contributed by atoms with van der Waals surface area (Å²) in [5.74, 6) is 0. The van der Waals surface area contributed by atoms with Gasteiger partial charge in [-0.15, -0.1) is 0 Å². The lowest BCUT2D eigenvalue weighted by atomic mass is 10.2. The predicted octanol–water partition coefficient (Wildman–Crippen LogP) is 2.66. The van der Waals surface area contributed by atoms with Crippen molar-refractivity contribution in [2.45, 2.75) is 26.4 Å². The first kappa shape index (κ1) is 14.7. The van der Waals surface area contributed by atoms with Crippen molar-refractivity contribution in [3.05, 3.63) is 54.1 Å². The quantitative estimate of drug-likeness (QED) is 0.701. The molecule has 5 heteroatoms. The lowest BCUT2D eigenvalue weighted by Gasteiger charge is -2.17. The van der Waals surface area contributed by atoms with E-state index in [2.05, 4.69) is 22.0 Å². The smallest absolute Gasteiger partial charge is 0.0890 e. The van der Waals surface area contributed by atoms with E-state index in [1.165, 1.54) is 0 Å². The van der Waals surface area contributed by atoms with Crippen LogP contribution in [0.5, 0.6) is 0 Å². The van der Waals surface area contributed by atoms with Crippen LogP contribution < -0.4 is 0 Å². The molecule has 2 heterocycles. The number of aryl methyl sites for hydroxylation is 2. The van der Waals surface area contributed by atoms with Crippen molar-refractivity contribution in [3.63, 3.8) is 0 Å². The minimum atomic E-state index is 0.822. The molecular formula is C17H21N5. The molecule has 0 saturated heterocycles. The second-order valence-electron chi connectivity index (χ2n) is 5.60. The van der Waals surface area contributed by atoms with E-state index < -0.39 is 0 Å². The van der Waals surface area contributed by atoms with Crippen molar-refractivity contribution in [2.24, 2.45) is 0 Å². The van der Waals surface area contributed by atoms with E-state index in [4.69, 9.17) is 4.98 Å². The van der Waals surface area contributed by atoms with Gasteiger partial charge in [-0.3, -0.25) is 4.68 Å². The van der Waals surface area contributed by atoms with Crippen LogP contribution in [0.3, 0.4) is 0 Å². The van der Waals surface area contributed by atoms with Crippen LogP contribution in [0.4, 0.5) is 0 Å². The van der Waals surface area contributed by atoms with Crippen molar-refractivity contribution in [1.82, 2.24) is 24.6 Å². The van der Waals surface area contributed by atoms with Gasteiger partial charge in [0.25, 0.3) is 0 Å². The highest BCUT2D eigenvalue weighted by molar-refractivity contribution is 5.74. The summed E-state index contributed by atoms with van der Waals surface area (Å²) >= 11 is 0. The first-order valence-electron chi connectivity index (χ1n) is 7.60. The Morgan fingerprint density at radius 1 is 1.09 bits per heavy atom. The summed E-state index contributed by atoms with van der Waals surface area (Å²) < 4.78 is 1.97. The van der Waals surface area contributed by atoms with E-state index in [9.17, 15) is 0 Å². The molecule has 0 aliphatic heterocycles. The Kier molecular flexibility index (Phi) is 4.44. The van der Waals surface area contributed by atoms with Crippen molar-refractivity contribution < 1.29 is 0 Å². The molecule has 3 aromatic rings. The molecule has 0 saturated carbocycles. The van der Waals surface area contributed by atoms with E-state index in [0.717, 1.165) is 48.5 Å². The minimum absolute atomic E-state index is 0.822. The van der Waals surface area contributed by atoms with Gasteiger partial charge < -0.3 is 4.90 Å². The third kappa shape index (κ3) is 3.49. The molecule has 3 rings (SSSR count). The van der Waals surface area contributed by atoms with Gasteiger partial charge in [-0.2, -0.15) is 5.10 Å². The zero-order chi connectivity index (χ0) is 15.4. The highest BCUT2D eigenvalue weighted by atomic mass is 15.3. The second-order valence-corrected chi connectivity index (χ2v) is 5.60. The van der Waals surface area contributed by atoms with Crippen molar-refractivity contribution in [1.29, 1.82) is 0 Å². The predicted molar refractivity (Wildman–Crippen MR) is 87.5 cm³/mol. The molecule has 0 spiro atoms. The highest BCUT2D eigenvalue weighted by Crippen LogP contribution is 2.13. The zero-order valence-corrected chi connectivity index (χ0v) is 13.1. The standard InChI is InChI=1S/C17H21N5/c1-14-17(20-16-8-4-3-7-15(16)19-14)13-21(2)10-6-12-22-11-5-9-18-22/h3-5,7-9,11H,6,10,12-13H2,1-2H3. The molecule has 0 bridgehead atoms. The maximum Gasteiger partial charge on any atom is 0.0890 e. The van der Waals surface area contributed by atoms with Gasteiger partial charge in [0.2, 0.25) is 0 Å². The first-order valence-corrected chi connectivity index (χ1v) is 7.60. The Morgan fingerprint density at radius 2 is 1.86 bits per heavy atom. The van der Waals surface area contributed by atoms with E-state index >= 15 is 0 Å². The average molecular weight is 295 g/mol. The summed E-state index contributed by atoms with van der Waals surface area (Å²) in [4.78, 5) is 11.7. The zero-order valence-electron chi connectivity index (χ0n) is 13.1. The molecule has 1 aromatic carbocycles. The van der Waals surface area contributed by atoms with Crippen molar-refractivity contribution in [2.75, 3.05) is 13.6 Å². The number of para-hydroxylation sites is 2. The van der Waals surface area contributed by atoms with E-state index in [1.807, 2.05) is 54.3 Å². The topological polar surface area (TPSA) is 46.8 Å². The van der Waals surface area contributed by atoms with Crippen LogP contribution in [0.2, 0.25) is 0 Å². The van der Waals surface area contributed by atoms with Crippen LogP contribution in [0.1, 0.15) is 17.8 Å². The molecule has 0 unspecified atom stereocenters. The largest absolute Gasteiger partial charge is 0.300 e. The summed E-state index contributed by atoms with van der Waals surface area (Å²) in [6.45, 7) is 4.81. The summed E-state index contributed by atoms with van der Waals surface area (Å²) in [5.41, 5.74) is 4.00. The molecule has 22 heavy (non-hydrogen) atoms. The highest BCUT2D eigenvalue weighted by Gasteiger charge is 2.08. The third-order valence-electron chi connectivity index (χ3n) is 3.75. The van der Waals surface area contributed by atoms with Crippen LogP contribution in [0, 0.1) is 6.92 Å². The Bertz CT molecular complexity index is 736. The molecule has 114 valence electrons. The Hall–Kier alpha value is -2.27. The first-order chi connectivity index (χ1) is 10.7. The normalized spacial score (nSPS) is 11.4. The van der Waals surface area contributed by atoms with Gasteiger partial charge in [-0.05, 0) is 38.6 Å². The van der Waals surface area contributed by atoms with Gasteiger partial charge in [-0.1, -0.05) is 12.1 Å². The third-order valence-corrected chi connectivity index (χ3v) is 3.75. The number of hydrogen-bond acceptors (Lipinski definition) is 4. The number of fused-ring (bicyclic) bond motifs is 1. The monoisotopic (exact) mass is 295 g/mol. The van der Waals surface area contributed by atoms with Crippen molar-refractivity contribution in [3.8, 4) is 0 Å². The summed E-state index contributed by atoms with van der Waals surface area (Å²) in [5, 5.41) is 4.22. The molecule has 0 N–H and O–H groups in total. The van der Waals surface area contributed by atoms with E-state index in [1.54, 1.807) is 0 Å². The number of hydrogen-bond donors (Lipinski definition) is 0. The molecule has 5 nitrogen and oxygen atoms in total. The number of aromatic nitrogens is 4. The lowest BCUT2D eigenvalue weighted by molar-refractivity contribution is 0.307. The molecule has 2 aromatic heterocycles. The number of rotatable bonds is 6. The second kappa shape index (κ2) is 6.66. The van der Waals surface area contributed by atoms with Gasteiger partial charge in [0.15, 0.2) is 0 Å². The summed E-state index contributed by atoms with van der Waals surface area (Å²) in [7, 11) is 2.12. The number of benzene rings is 1. The lowest BCUT2D eigenvalue weighted by Crippen LogP contribution is -2.22. The van der Waals surface area contributed by atoms with Crippen molar-refractivity contribution >= 4 is 11.0 Å². The van der Waals surface area contributed by atoms with Gasteiger partial charge in [0, 0.05) is 32.0 Å². The van der Waals surface area contributed by atoms with Gasteiger partial charge in [0.1, 0.15) is 0 Å². The molecule has 0 radical (unpaired) electrons. The molecule has 0 amide bonds. The Morgan fingerprint density at radius 3 is 2.59 bits per heavy atom. The molecule has 0 aliphatic rings. The van der Waals surface area contributed by atoms with E-state index in [-0.39, 0.29) is 0 Å². The summed E-state index contributed by atoms with van der Waals surface area (Å²) in [6, 6.07) is 9.98. The summed E-state index contributed by atoms with van der Waals surface area (Å²) in [6.07, 6.45) is 4.88. The maximum absolute atomic E-state index is 4.75. The minimum Gasteiger partial charge on any atom is -0.300 e. The fourth-order valence-corrected chi connectivity index (χ4v) is 2.54. The van der Waals surface area contributed by atoms with Gasteiger partial charge in [0.05, 0.1) is 22.4 Å². The van der Waals surface area contributed by atoms with Gasteiger partial charge >= 0.3 is 0 Å². The van der Waals surface area contributed by atoms with Crippen LogP contribution in [-0.2, 0) is 13.1 Å². The molecule has 0 fully saturated rings. The van der Waals surface area contributed by atoms with Crippen LogP contribution in [-0.4, -0.2) is 38.2 Å². The molecular weight excluding hydrogens is 274 g/mol. The number of nitrogens with zero attached hydrogens (tertiary/aromatic N) is 5. The Labute approximate surface area is 130 Å². The average Bonchev–Trinajstić information content (AvgIpc) is 3.01. The van der Waals surface area contributed by atoms with Gasteiger partial charge in [-0.25, -0.2) is 9.97 Å². The fraction of sp³-hybridized carbons (Fsp3) is 0.353.